The molecule has 0 amide bonds. The molecule has 1 aliphatic carbocycles. The van der Waals surface area contributed by atoms with E-state index in [1.807, 2.05) is 26.0 Å². The molecule has 2 aromatic carbocycles. The number of fused-ring (bicyclic) bond motifs is 2. The van der Waals surface area contributed by atoms with E-state index >= 15 is 0 Å². The SMILES string of the molecule is CC(C)COC(=O)c1ccc(N2CCN(CCCn3c4c(n[n+]3[O-])C(=O)c3ccccc3C4=O)CC2)cc1. The van der Waals surface area contributed by atoms with E-state index in [0.29, 0.717) is 41.6 Å². The number of carbonyl (C=O) groups excluding carboxylic acids is 3. The van der Waals surface area contributed by atoms with Crippen LogP contribution in [0.4, 0.5) is 5.69 Å². The summed E-state index contributed by atoms with van der Waals surface area (Å²) < 4.78 is 6.57. The van der Waals surface area contributed by atoms with Gasteiger partial charge in [0.1, 0.15) is 0 Å². The van der Waals surface area contributed by atoms with Crippen LogP contribution in [0.2, 0.25) is 0 Å². The summed E-state index contributed by atoms with van der Waals surface area (Å²) in [6, 6.07) is 14.1. The van der Waals surface area contributed by atoms with Crippen LogP contribution in [0.3, 0.4) is 0 Å². The third-order valence-corrected chi connectivity index (χ3v) is 6.95. The first kappa shape index (κ1) is 25.6. The van der Waals surface area contributed by atoms with E-state index in [0.717, 1.165) is 38.4 Å². The van der Waals surface area contributed by atoms with Crippen molar-refractivity contribution < 1.29 is 24.1 Å². The van der Waals surface area contributed by atoms with E-state index in [-0.39, 0.29) is 28.7 Å². The molecule has 1 aliphatic heterocycles. The number of ether oxygens (including phenoxy) is 1. The molecule has 1 aromatic heterocycles. The van der Waals surface area contributed by atoms with Crippen LogP contribution in [0, 0.1) is 11.1 Å². The second kappa shape index (κ2) is 10.7. The van der Waals surface area contributed by atoms with Crippen LogP contribution in [0.1, 0.15) is 62.7 Å². The average molecular weight is 518 g/mol. The van der Waals surface area contributed by atoms with Crippen LogP contribution in [0.5, 0.6) is 0 Å². The zero-order valence-corrected chi connectivity index (χ0v) is 21.6. The van der Waals surface area contributed by atoms with E-state index in [2.05, 4.69) is 14.9 Å². The smallest absolute Gasteiger partial charge is 0.338 e. The van der Waals surface area contributed by atoms with Crippen LogP contribution < -0.4 is 9.86 Å². The molecule has 1 saturated heterocycles. The van der Waals surface area contributed by atoms with Gasteiger partial charge in [-0.15, -0.1) is 4.68 Å². The maximum Gasteiger partial charge on any atom is 0.338 e. The number of anilines is 1. The van der Waals surface area contributed by atoms with Crippen molar-refractivity contribution >= 4 is 23.2 Å². The second-order valence-electron chi connectivity index (χ2n) is 10.1. The maximum absolute atomic E-state index is 13.0. The number of rotatable bonds is 8. The Morgan fingerprint density at radius 3 is 2.29 bits per heavy atom. The lowest BCUT2D eigenvalue weighted by atomic mass is 9.90. The van der Waals surface area contributed by atoms with E-state index < -0.39 is 5.78 Å². The molecule has 198 valence electrons. The van der Waals surface area contributed by atoms with Gasteiger partial charge in [0.05, 0.1) is 18.7 Å². The largest absolute Gasteiger partial charge is 0.571 e. The number of hydrogen-bond donors (Lipinski definition) is 0. The highest BCUT2D eigenvalue weighted by atomic mass is 16.5. The van der Waals surface area contributed by atoms with E-state index in [1.165, 1.54) is 4.68 Å². The molecule has 0 saturated carbocycles. The van der Waals surface area contributed by atoms with Crippen molar-refractivity contribution in [1.29, 1.82) is 0 Å². The Morgan fingerprint density at radius 1 is 0.974 bits per heavy atom. The molecular formula is C28H31N5O5. The Labute approximate surface area is 221 Å². The van der Waals surface area contributed by atoms with E-state index in [4.69, 9.17) is 4.74 Å². The number of hydrogen-bond acceptors (Lipinski definition) is 8. The molecule has 0 unspecified atom stereocenters. The van der Waals surface area contributed by atoms with Crippen molar-refractivity contribution in [1.82, 2.24) is 14.7 Å². The molecule has 5 rings (SSSR count). The van der Waals surface area contributed by atoms with Gasteiger partial charge in [0.2, 0.25) is 17.3 Å². The van der Waals surface area contributed by atoms with Gasteiger partial charge in [-0.1, -0.05) is 38.1 Å². The van der Waals surface area contributed by atoms with Crippen LogP contribution in [0.15, 0.2) is 48.5 Å². The molecule has 1 fully saturated rings. The van der Waals surface area contributed by atoms with Gasteiger partial charge < -0.3 is 14.8 Å². The van der Waals surface area contributed by atoms with Gasteiger partial charge in [0.25, 0.3) is 0 Å². The fourth-order valence-electron chi connectivity index (χ4n) is 4.91. The summed E-state index contributed by atoms with van der Waals surface area (Å²) in [5, 5.41) is 16.3. The maximum atomic E-state index is 13.0. The number of esters is 1. The van der Waals surface area contributed by atoms with Crippen molar-refractivity contribution in [2.75, 3.05) is 44.2 Å². The zero-order valence-electron chi connectivity index (χ0n) is 21.6. The Bertz CT molecular complexity index is 1360. The standard InChI is InChI=1S/C28H31N5O5/c1-19(2)18-38-28(36)20-8-10-21(11-9-20)31-16-14-30(15-17-31)12-5-13-32-25-24(29-33(32)37)26(34)22-6-3-4-7-23(22)27(25)35/h3-4,6-11,19H,5,12-18H2,1-2H3. The highest BCUT2D eigenvalue weighted by molar-refractivity contribution is 6.26. The first-order chi connectivity index (χ1) is 18.3. The quantitative estimate of drug-likeness (QED) is 0.199. The van der Waals surface area contributed by atoms with Gasteiger partial charge in [0, 0.05) is 59.6 Å². The van der Waals surface area contributed by atoms with Crippen LogP contribution in [0.25, 0.3) is 0 Å². The van der Waals surface area contributed by atoms with Gasteiger partial charge in [-0.25, -0.2) is 4.79 Å². The highest BCUT2D eigenvalue weighted by Gasteiger charge is 2.39. The molecule has 0 radical (unpaired) electrons. The minimum Gasteiger partial charge on any atom is -0.571 e. The number of aromatic nitrogens is 3. The third kappa shape index (κ3) is 5.04. The lowest BCUT2D eigenvalue weighted by Crippen LogP contribution is -2.47. The minimum absolute atomic E-state index is 0.0727. The van der Waals surface area contributed by atoms with Gasteiger partial charge in [-0.3, -0.25) is 14.5 Å². The molecule has 3 aromatic rings. The number of ketones is 2. The minimum atomic E-state index is -0.393. The molecule has 2 aliphatic rings. The molecule has 0 atom stereocenters. The van der Waals surface area contributed by atoms with E-state index in [1.54, 1.807) is 36.4 Å². The summed E-state index contributed by atoms with van der Waals surface area (Å²) in [4.78, 5) is 42.9. The normalized spacial score (nSPS) is 15.5. The van der Waals surface area contributed by atoms with Crippen molar-refractivity contribution in [3.63, 3.8) is 0 Å². The number of benzene rings is 2. The summed E-state index contributed by atoms with van der Waals surface area (Å²) in [5.41, 5.74) is 2.21. The summed E-state index contributed by atoms with van der Waals surface area (Å²) in [7, 11) is 0. The molecule has 0 spiro atoms. The molecule has 0 bridgehead atoms. The van der Waals surface area contributed by atoms with Gasteiger partial charge in [-0.05, 0) is 36.6 Å². The molecular weight excluding hydrogens is 486 g/mol. The van der Waals surface area contributed by atoms with Gasteiger partial charge in [0.15, 0.2) is 5.69 Å². The molecule has 38 heavy (non-hydrogen) atoms. The van der Waals surface area contributed by atoms with Crippen LogP contribution >= 0.6 is 0 Å². The van der Waals surface area contributed by atoms with Gasteiger partial charge in [-0.2, -0.15) is 0 Å². The number of nitrogens with zero attached hydrogens (tertiary/aromatic N) is 5. The van der Waals surface area contributed by atoms with Crippen LogP contribution in [-0.4, -0.2) is 71.5 Å². The Morgan fingerprint density at radius 2 is 1.63 bits per heavy atom. The Kier molecular flexibility index (Phi) is 7.24. The molecule has 10 heteroatoms. The molecule has 2 heterocycles. The fraction of sp³-hybridized carbons (Fsp3) is 0.393. The zero-order chi connectivity index (χ0) is 26.8. The molecule has 10 nitrogen and oxygen atoms in total. The van der Waals surface area contributed by atoms with Crippen molar-refractivity contribution in [3.05, 3.63) is 81.8 Å². The number of piperazine rings is 1. The Balaban J connectivity index is 1.14. The topological polar surface area (TPSA) is 112 Å². The third-order valence-electron chi connectivity index (χ3n) is 6.95. The summed E-state index contributed by atoms with van der Waals surface area (Å²) in [5.74, 6) is -0.741. The predicted molar refractivity (Wildman–Crippen MR) is 139 cm³/mol. The van der Waals surface area contributed by atoms with E-state index in [9.17, 15) is 19.6 Å². The van der Waals surface area contributed by atoms with Crippen molar-refractivity contribution in [3.8, 4) is 0 Å². The van der Waals surface area contributed by atoms with Crippen molar-refractivity contribution in [2.45, 2.75) is 26.8 Å². The Hall–Kier alpha value is -4.05. The first-order valence-corrected chi connectivity index (χ1v) is 13.0. The summed E-state index contributed by atoms with van der Waals surface area (Å²) in [6.45, 7) is 8.83. The highest BCUT2D eigenvalue weighted by Crippen LogP contribution is 2.25. The second-order valence-corrected chi connectivity index (χ2v) is 10.1. The summed E-state index contributed by atoms with van der Waals surface area (Å²) in [6.07, 6.45) is 0.640. The van der Waals surface area contributed by atoms with Gasteiger partial charge >= 0.3 is 5.97 Å². The lowest BCUT2D eigenvalue weighted by Gasteiger charge is -2.36. The monoisotopic (exact) mass is 517 g/mol. The lowest BCUT2D eigenvalue weighted by molar-refractivity contribution is -0.749. The fourth-order valence-corrected chi connectivity index (χ4v) is 4.91. The first-order valence-electron chi connectivity index (χ1n) is 13.0. The summed E-state index contributed by atoms with van der Waals surface area (Å²) >= 11 is 0. The molecule has 0 N–H and O–H groups in total. The predicted octanol–water partition coefficient (Wildman–Crippen LogP) is 2.32. The average Bonchev–Trinajstić information content (AvgIpc) is 3.27. The van der Waals surface area contributed by atoms with Crippen LogP contribution in [-0.2, 0) is 11.3 Å². The number of carbonyl (C=O) groups is 3. The van der Waals surface area contributed by atoms with Crippen molar-refractivity contribution in [2.24, 2.45) is 5.92 Å².